The molecule has 3 heterocycles. The molecule has 1 N–H and O–H groups in total. The molecule has 2 aliphatic heterocycles. The Kier molecular flexibility index (Phi) is 5.00. The highest BCUT2D eigenvalue weighted by Gasteiger charge is 2.27. The van der Waals surface area contributed by atoms with E-state index in [2.05, 4.69) is 49.4 Å². The number of anilines is 2. The van der Waals surface area contributed by atoms with Crippen molar-refractivity contribution in [3.63, 3.8) is 0 Å². The van der Waals surface area contributed by atoms with Crippen LogP contribution in [-0.4, -0.2) is 48.6 Å². The molecule has 6 heteroatoms. The average molecular weight is 351 g/mol. The van der Waals surface area contributed by atoms with E-state index in [0.29, 0.717) is 13.1 Å². The Hall–Kier alpha value is -2.63. The van der Waals surface area contributed by atoms with Gasteiger partial charge in [0.2, 0.25) is 11.9 Å². The Balaban J connectivity index is 1.27. The monoisotopic (exact) mass is 351 g/mol. The van der Waals surface area contributed by atoms with Crippen molar-refractivity contribution < 1.29 is 4.79 Å². The first-order chi connectivity index (χ1) is 12.8. The Morgan fingerprint density at radius 1 is 1.15 bits per heavy atom. The van der Waals surface area contributed by atoms with E-state index in [1.54, 1.807) is 12.4 Å². The smallest absolute Gasteiger partial charge is 0.225 e. The van der Waals surface area contributed by atoms with Gasteiger partial charge in [0.05, 0.1) is 5.92 Å². The SMILES string of the molecule is O=C(NCCN1CCc2ccccc21)C1CCCN(c2ncccn2)C1. The fourth-order valence-electron chi connectivity index (χ4n) is 3.92. The van der Waals surface area contributed by atoms with E-state index in [9.17, 15) is 4.79 Å². The van der Waals surface area contributed by atoms with Crippen LogP contribution in [0.2, 0.25) is 0 Å². The number of carbonyl (C=O) groups is 1. The number of aromatic nitrogens is 2. The predicted octanol–water partition coefficient (Wildman–Crippen LogP) is 1.87. The van der Waals surface area contributed by atoms with Crippen LogP contribution in [0.15, 0.2) is 42.7 Å². The number of hydrogen-bond donors (Lipinski definition) is 1. The highest BCUT2D eigenvalue weighted by molar-refractivity contribution is 5.79. The first kappa shape index (κ1) is 16.8. The summed E-state index contributed by atoms with van der Waals surface area (Å²) in [6, 6.07) is 10.3. The van der Waals surface area contributed by atoms with Crippen LogP contribution in [-0.2, 0) is 11.2 Å². The third kappa shape index (κ3) is 3.64. The normalized spacial score (nSPS) is 19.3. The van der Waals surface area contributed by atoms with Crippen LogP contribution in [0.5, 0.6) is 0 Å². The van der Waals surface area contributed by atoms with E-state index >= 15 is 0 Å². The van der Waals surface area contributed by atoms with Gasteiger partial charge in [0, 0.05) is 50.8 Å². The number of piperidine rings is 1. The van der Waals surface area contributed by atoms with E-state index in [0.717, 1.165) is 44.8 Å². The van der Waals surface area contributed by atoms with E-state index in [1.807, 2.05) is 6.07 Å². The number of amides is 1. The Morgan fingerprint density at radius 2 is 2.00 bits per heavy atom. The predicted molar refractivity (Wildman–Crippen MR) is 102 cm³/mol. The highest BCUT2D eigenvalue weighted by atomic mass is 16.1. The average Bonchev–Trinajstić information content (AvgIpc) is 3.12. The fourth-order valence-corrected chi connectivity index (χ4v) is 3.92. The van der Waals surface area contributed by atoms with Gasteiger partial charge < -0.3 is 15.1 Å². The van der Waals surface area contributed by atoms with Gasteiger partial charge in [-0.3, -0.25) is 4.79 Å². The number of fused-ring (bicyclic) bond motifs is 1. The first-order valence-corrected chi connectivity index (χ1v) is 9.44. The molecule has 0 spiro atoms. The summed E-state index contributed by atoms with van der Waals surface area (Å²) in [4.78, 5) is 25.7. The molecule has 136 valence electrons. The third-order valence-corrected chi connectivity index (χ3v) is 5.29. The van der Waals surface area contributed by atoms with Crippen LogP contribution in [0.1, 0.15) is 18.4 Å². The quantitative estimate of drug-likeness (QED) is 0.891. The zero-order valence-corrected chi connectivity index (χ0v) is 15.0. The second-order valence-electron chi connectivity index (χ2n) is 6.99. The van der Waals surface area contributed by atoms with E-state index in [4.69, 9.17) is 0 Å². The van der Waals surface area contributed by atoms with Gasteiger partial charge in [-0.15, -0.1) is 0 Å². The number of hydrogen-bond acceptors (Lipinski definition) is 5. The maximum absolute atomic E-state index is 12.6. The number of para-hydroxylation sites is 1. The summed E-state index contributed by atoms with van der Waals surface area (Å²) >= 11 is 0. The van der Waals surface area contributed by atoms with Crippen LogP contribution < -0.4 is 15.1 Å². The summed E-state index contributed by atoms with van der Waals surface area (Å²) < 4.78 is 0. The van der Waals surface area contributed by atoms with Crippen molar-refractivity contribution in [2.75, 3.05) is 42.5 Å². The van der Waals surface area contributed by atoms with Gasteiger partial charge in [-0.2, -0.15) is 0 Å². The maximum Gasteiger partial charge on any atom is 0.225 e. The summed E-state index contributed by atoms with van der Waals surface area (Å²) in [5.74, 6) is 0.884. The molecular formula is C20H25N5O. The minimum absolute atomic E-state index is 0.0124. The lowest BCUT2D eigenvalue weighted by Gasteiger charge is -2.32. The summed E-state index contributed by atoms with van der Waals surface area (Å²) in [6.07, 6.45) is 6.52. The Bertz CT molecular complexity index is 751. The largest absolute Gasteiger partial charge is 0.369 e. The van der Waals surface area contributed by atoms with E-state index in [-0.39, 0.29) is 11.8 Å². The van der Waals surface area contributed by atoms with Crippen LogP contribution >= 0.6 is 0 Å². The van der Waals surface area contributed by atoms with Crippen molar-refractivity contribution in [2.45, 2.75) is 19.3 Å². The molecule has 6 nitrogen and oxygen atoms in total. The molecule has 0 radical (unpaired) electrons. The van der Waals surface area contributed by atoms with Gasteiger partial charge >= 0.3 is 0 Å². The van der Waals surface area contributed by atoms with Crippen molar-refractivity contribution in [1.82, 2.24) is 15.3 Å². The Labute approximate surface area is 154 Å². The summed E-state index contributed by atoms with van der Waals surface area (Å²) in [7, 11) is 0. The second kappa shape index (κ2) is 7.72. The molecule has 0 aliphatic carbocycles. The summed E-state index contributed by atoms with van der Waals surface area (Å²) in [5.41, 5.74) is 2.72. The van der Waals surface area contributed by atoms with Gasteiger partial charge in [-0.1, -0.05) is 18.2 Å². The zero-order valence-electron chi connectivity index (χ0n) is 15.0. The van der Waals surface area contributed by atoms with Crippen LogP contribution in [0.4, 0.5) is 11.6 Å². The summed E-state index contributed by atoms with van der Waals surface area (Å²) in [6.45, 7) is 4.20. The van der Waals surface area contributed by atoms with Crippen molar-refractivity contribution in [1.29, 1.82) is 0 Å². The standard InChI is InChI=1S/C20H25N5O/c26-19(17-6-3-12-25(15-17)20-22-9-4-10-23-20)21-11-14-24-13-8-16-5-1-2-7-18(16)24/h1-2,4-5,7,9-10,17H,3,6,8,11-15H2,(H,21,26). The lowest BCUT2D eigenvalue weighted by molar-refractivity contribution is -0.125. The molecule has 1 aromatic heterocycles. The van der Waals surface area contributed by atoms with Gasteiger partial charge in [0.1, 0.15) is 0 Å². The lowest BCUT2D eigenvalue weighted by Crippen LogP contribution is -2.45. The number of benzene rings is 1. The van der Waals surface area contributed by atoms with Gasteiger partial charge in [0.15, 0.2) is 0 Å². The van der Waals surface area contributed by atoms with E-state index < -0.39 is 0 Å². The van der Waals surface area contributed by atoms with Crippen LogP contribution in [0.3, 0.4) is 0 Å². The maximum atomic E-state index is 12.6. The molecule has 4 rings (SSSR count). The van der Waals surface area contributed by atoms with Gasteiger partial charge in [-0.25, -0.2) is 9.97 Å². The molecule has 2 aliphatic rings. The number of nitrogens with one attached hydrogen (secondary N) is 1. The summed E-state index contributed by atoms with van der Waals surface area (Å²) in [5, 5.41) is 3.13. The van der Waals surface area contributed by atoms with Crippen LogP contribution in [0.25, 0.3) is 0 Å². The molecule has 1 atom stereocenters. The molecule has 2 aromatic rings. The molecule has 1 aromatic carbocycles. The lowest BCUT2D eigenvalue weighted by atomic mass is 9.97. The fraction of sp³-hybridized carbons (Fsp3) is 0.450. The molecule has 1 unspecified atom stereocenters. The highest BCUT2D eigenvalue weighted by Crippen LogP contribution is 2.26. The van der Waals surface area contributed by atoms with Gasteiger partial charge in [-0.05, 0) is 37.0 Å². The third-order valence-electron chi connectivity index (χ3n) is 5.29. The molecule has 26 heavy (non-hydrogen) atoms. The second-order valence-corrected chi connectivity index (χ2v) is 6.99. The minimum Gasteiger partial charge on any atom is -0.369 e. The first-order valence-electron chi connectivity index (χ1n) is 9.44. The number of nitrogens with zero attached hydrogens (tertiary/aromatic N) is 4. The molecule has 1 saturated heterocycles. The van der Waals surface area contributed by atoms with Crippen molar-refractivity contribution in [3.8, 4) is 0 Å². The van der Waals surface area contributed by atoms with Crippen molar-refractivity contribution in [2.24, 2.45) is 5.92 Å². The van der Waals surface area contributed by atoms with Gasteiger partial charge in [0.25, 0.3) is 0 Å². The van der Waals surface area contributed by atoms with Crippen molar-refractivity contribution >= 4 is 17.5 Å². The topological polar surface area (TPSA) is 61.4 Å². The molecular weight excluding hydrogens is 326 g/mol. The Morgan fingerprint density at radius 3 is 2.88 bits per heavy atom. The molecule has 0 bridgehead atoms. The zero-order chi connectivity index (χ0) is 17.8. The number of carbonyl (C=O) groups excluding carboxylic acids is 1. The minimum atomic E-state index is 0.0124. The molecule has 0 saturated carbocycles. The van der Waals surface area contributed by atoms with Crippen LogP contribution in [0, 0.1) is 5.92 Å². The molecule has 1 amide bonds. The molecule has 1 fully saturated rings. The number of rotatable bonds is 5. The van der Waals surface area contributed by atoms with Crippen molar-refractivity contribution in [3.05, 3.63) is 48.3 Å². The van der Waals surface area contributed by atoms with E-state index in [1.165, 1.54) is 11.3 Å².